The number of hydrogen-bond donors (Lipinski definition) is 1. The van der Waals surface area contributed by atoms with Crippen molar-refractivity contribution in [1.82, 2.24) is 19.9 Å². The van der Waals surface area contributed by atoms with Crippen LogP contribution < -0.4 is 5.32 Å². The predicted octanol–water partition coefficient (Wildman–Crippen LogP) is 4.88. The third-order valence-electron chi connectivity index (χ3n) is 5.63. The number of aryl methyl sites for hydroxylation is 1. The molecule has 168 valence electrons. The Hall–Kier alpha value is -3.35. The molecule has 1 amide bonds. The molecule has 2 aromatic heterocycles. The molecule has 0 aliphatic carbocycles. The summed E-state index contributed by atoms with van der Waals surface area (Å²) < 4.78 is 0. The van der Waals surface area contributed by atoms with Crippen LogP contribution in [0, 0.1) is 6.92 Å². The Morgan fingerprint density at radius 3 is 2.69 bits per heavy atom. The van der Waals surface area contributed by atoms with Gasteiger partial charge in [-0.25, -0.2) is 9.97 Å². The Balaban J connectivity index is 2.00. The molecule has 1 saturated heterocycles. The van der Waals surface area contributed by atoms with Crippen LogP contribution in [0.5, 0.6) is 0 Å². The zero-order chi connectivity index (χ0) is 23.3. The van der Waals surface area contributed by atoms with Crippen LogP contribution in [0.25, 0.3) is 11.3 Å². The minimum Gasteiger partial charge on any atom is -0.344 e. The van der Waals surface area contributed by atoms with Crippen molar-refractivity contribution in [2.24, 2.45) is 4.99 Å². The van der Waals surface area contributed by atoms with E-state index in [-0.39, 0.29) is 17.9 Å². The van der Waals surface area contributed by atoms with E-state index in [0.29, 0.717) is 12.4 Å². The van der Waals surface area contributed by atoms with Crippen LogP contribution in [-0.2, 0) is 4.79 Å². The third kappa shape index (κ3) is 5.87. The number of aromatic nitrogens is 3. The molecule has 0 saturated carbocycles. The van der Waals surface area contributed by atoms with E-state index in [1.807, 2.05) is 50.2 Å². The number of anilines is 1. The highest BCUT2D eigenvalue weighted by Gasteiger charge is 2.30. The Bertz CT molecular complexity index is 1060. The van der Waals surface area contributed by atoms with E-state index in [1.54, 1.807) is 13.1 Å². The summed E-state index contributed by atoms with van der Waals surface area (Å²) in [6.07, 6.45) is 9.22. The van der Waals surface area contributed by atoms with Gasteiger partial charge < -0.3 is 10.2 Å². The molecule has 7 heteroatoms. The number of rotatable bonds is 6. The van der Waals surface area contributed by atoms with E-state index in [0.717, 1.165) is 46.8 Å². The SMILES string of the molecule is C=N/C=C(C)\C=C(/C)Nc1cc(-c2cncc(C)c2)nc([C@@H]2CC[C@H](C)N(C(C)=O)C2)n1. The Labute approximate surface area is 190 Å². The summed E-state index contributed by atoms with van der Waals surface area (Å²) in [6.45, 7) is 13.8. The monoisotopic (exact) mass is 432 g/mol. The van der Waals surface area contributed by atoms with Gasteiger partial charge in [0.05, 0.1) is 5.69 Å². The number of piperidine rings is 1. The molecule has 1 aliphatic rings. The Morgan fingerprint density at radius 2 is 2.00 bits per heavy atom. The topological polar surface area (TPSA) is 83.4 Å². The first-order valence-electron chi connectivity index (χ1n) is 10.9. The van der Waals surface area contributed by atoms with Gasteiger partial charge in [-0.05, 0) is 70.5 Å². The number of carbonyl (C=O) groups excluding carboxylic acids is 1. The lowest BCUT2D eigenvalue weighted by atomic mass is 9.92. The fourth-order valence-electron chi connectivity index (χ4n) is 4.07. The largest absolute Gasteiger partial charge is 0.344 e. The second-order valence-electron chi connectivity index (χ2n) is 8.55. The molecule has 3 rings (SSSR count). The van der Waals surface area contributed by atoms with Gasteiger partial charge in [0.15, 0.2) is 0 Å². The van der Waals surface area contributed by atoms with E-state index in [4.69, 9.17) is 9.97 Å². The summed E-state index contributed by atoms with van der Waals surface area (Å²) in [4.78, 5) is 31.9. The molecule has 0 radical (unpaired) electrons. The first-order valence-corrected chi connectivity index (χ1v) is 10.9. The molecule has 0 spiro atoms. The van der Waals surface area contributed by atoms with Gasteiger partial charge >= 0.3 is 0 Å². The molecule has 0 unspecified atom stereocenters. The molecule has 7 nitrogen and oxygen atoms in total. The Morgan fingerprint density at radius 1 is 1.22 bits per heavy atom. The first kappa shape index (κ1) is 23.3. The highest BCUT2D eigenvalue weighted by Crippen LogP contribution is 2.31. The summed E-state index contributed by atoms with van der Waals surface area (Å²) in [6, 6.07) is 4.25. The van der Waals surface area contributed by atoms with Gasteiger partial charge in [-0.3, -0.25) is 14.8 Å². The van der Waals surface area contributed by atoms with E-state index < -0.39 is 0 Å². The van der Waals surface area contributed by atoms with Crippen molar-refractivity contribution < 1.29 is 4.79 Å². The molecule has 1 aliphatic heterocycles. The molecule has 2 atom stereocenters. The number of hydrogen-bond acceptors (Lipinski definition) is 6. The summed E-state index contributed by atoms with van der Waals surface area (Å²) in [7, 11) is 0. The van der Waals surface area contributed by atoms with Crippen LogP contribution in [0.4, 0.5) is 5.82 Å². The van der Waals surface area contributed by atoms with Crippen LogP contribution in [0.15, 0.2) is 53.1 Å². The molecule has 32 heavy (non-hydrogen) atoms. The van der Waals surface area contributed by atoms with E-state index in [9.17, 15) is 4.79 Å². The summed E-state index contributed by atoms with van der Waals surface area (Å²) in [5.41, 5.74) is 4.75. The van der Waals surface area contributed by atoms with Crippen molar-refractivity contribution in [2.45, 2.75) is 59.4 Å². The highest BCUT2D eigenvalue weighted by molar-refractivity contribution is 5.73. The molecule has 1 fully saturated rings. The van der Waals surface area contributed by atoms with Gasteiger partial charge in [0.25, 0.3) is 0 Å². The van der Waals surface area contributed by atoms with E-state index in [2.05, 4.69) is 35.0 Å². The van der Waals surface area contributed by atoms with Crippen molar-refractivity contribution in [1.29, 1.82) is 0 Å². The maximum absolute atomic E-state index is 12.1. The van der Waals surface area contributed by atoms with Gasteiger partial charge in [-0.2, -0.15) is 0 Å². The number of amides is 1. The number of likely N-dealkylation sites (tertiary alicyclic amines) is 1. The van der Waals surface area contributed by atoms with Gasteiger partial charge in [0, 0.05) is 61.3 Å². The van der Waals surface area contributed by atoms with Gasteiger partial charge in [0.1, 0.15) is 11.6 Å². The van der Waals surface area contributed by atoms with Crippen LogP contribution in [0.1, 0.15) is 57.8 Å². The molecule has 3 heterocycles. The highest BCUT2D eigenvalue weighted by atomic mass is 16.2. The molecule has 0 bridgehead atoms. The van der Waals surface area contributed by atoms with Crippen molar-refractivity contribution >= 4 is 18.4 Å². The number of aliphatic imine (C=N–C) groups is 1. The molecule has 0 aromatic carbocycles. The average molecular weight is 433 g/mol. The first-order chi connectivity index (χ1) is 15.3. The van der Waals surface area contributed by atoms with Crippen molar-refractivity contribution in [3.05, 3.63) is 59.5 Å². The minimum atomic E-state index is 0.0873. The Kier molecular flexibility index (Phi) is 7.51. The summed E-state index contributed by atoms with van der Waals surface area (Å²) in [5, 5.41) is 3.38. The second kappa shape index (κ2) is 10.3. The van der Waals surface area contributed by atoms with E-state index in [1.165, 1.54) is 0 Å². The number of nitrogens with zero attached hydrogens (tertiary/aromatic N) is 5. The smallest absolute Gasteiger partial charge is 0.219 e. The van der Waals surface area contributed by atoms with Crippen LogP contribution in [0.3, 0.4) is 0 Å². The lowest BCUT2D eigenvalue weighted by Crippen LogP contribution is -2.44. The normalized spacial score (nSPS) is 19.6. The number of nitrogens with one attached hydrogen (secondary N) is 1. The lowest BCUT2D eigenvalue weighted by molar-refractivity contribution is -0.132. The molecular formula is C25H32N6O. The summed E-state index contributed by atoms with van der Waals surface area (Å²) >= 11 is 0. The number of allylic oxidation sites excluding steroid dienone is 3. The van der Waals surface area contributed by atoms with Gasteiger partial charge in [-0.1, -0.05) is 0 Å². The van der Waals surface area contributed by atoms with Crippen molar-refractivity contribution in [2.75, 3.05) is 11.9 Å². The number of carbonyl (C=O) groups is 1. The lowest BCUT2D eigenvalue weighted by Gasteiger charge is -2.37. The quantitative estimate of drug-likeness (QED) is 0.519. The van der Waals surface area contributed by atoms with Crippen molar-refractivity contribution in [3.8, 4) is 11.3 Å². The fraction of sp³-hybridized carbons (Fsp3) is 0.400. The van der Waals surface area contributed by atoms with Crippen molar-refractivity contribution in [3.63, 3.8) is 0 Å². The van der Waals surface area contributed by atoms with Crippen LogP contribution in [0.2, 0.25) is 0 Å². The maximum Gasteiger partial charge on any atom is 0.219 e. The van der Waals surface area contributed by atoms with Crippen LogP contribution in [-0.4, -0.2) is 45.1 Å². The standard InChI is InChI=1S/C25H32N6O/c1-16(12-26-6)9-18(3)28-24-11-23(22-10-17(2)13-27-14-22)29-25(30-24)21-8-7-19(4)31(15-21)20(5)32/h9-14,19,21H,6-8,15H2,1-5H3,(H,28,29,30)/b16-12-,18-9+/t19-,21+/m0/s1. The van der Waals surface area contributed by atoms with Crippen LogP contribution >= 0.6 is 0 Å². The zero-order valence-corrected chi connectivity index (χ0v) is 19.6. The fourth-order valence-corrected chi connectivity index (χ4v) is 4.07. The second-order valence-corrected chi connectivity index (χ2v) is 8.55. The average Bonchev–Trinajstić information content (AvgIpc) is 2.73. The zero-order valence-electron chi connectivity index (χ0n) is 19.6. The van der Waals surface area contributed by atoms with Gasteiger partial charge in [-0.15, -0.1) is 0 Å². The van der Waals surface area contributed by atoms with Gasteiger partial charge in [0.2, 0.25) is 5.91 Å². The number of pyridine rings is 1. The minimum absolute atomic E-state index is 0.0873. The predicted molar refractivity (Wildman–Crippen MR) is 130 cm³/mol. The third-order valence-corrected chi connectivity index (χ3v) is 5.63. The molecular weight excluding hydrogens is 400 g/mol. The summed E-state index contributed by atoms with van der Waals surface area (Å²) in [5.74, 6) is 1.64. The molecule has 2 aromatic rings. The van der Waals surface area contributed by atoms with E-state index >= 15 is 0 Å². The molecule has 1 N–H and O–H groups in total. The maximum atomic E-state index is 12.1.